The van der Waals surface area contributed by atoms with Gasteiger partial charge < -0.3 is 9.53 Å². The predicted molar refractivity (Wildman–Crippen MR) is 41.4 cm³/mol. The van der Waals surface area contributed by atoms with E-state index in [4.69, 9.17) is 4.74 Å². The monoisotopic (exact) mass is 158 g/mol. The number of carbonyl (C=O) groups is 2. The number of Topliss-reactive ketones (excluding diaryl/α,β-unsaturated/α-hetero) is 1. The summed E-state index contributed by atoms with van der Waals surface area (Å²) >= 11 is 0. The molecule has 0 aromatic heterocycles. The van der Waals surface area contributed by atoms with Crippen molar-refractivity contribution in [1.82, 2.24) is 0 Å². The average molecular weight is 158 g/mol. The third-order valence-electron chi connectivity index (χ3n) is 1.21. The van der Waals surface area contributed by atoms with Crippen molar-refractivity contribution in [3.8, 4) is 0 Å². The standard InChI is InChI=1S/C8H14O3/c1-8(10)4-7-11-6-3-2-5-9/h5H,2-4,6-7H2,1H3. The van der Waals surface area contributed by atoms with Gasteiger partial charge in [-0.3, -0.25) is 4.79 Å². The lowest BCUT2D eigenvalue weighted by Crippen LogP contribution is -2.01. The molecule has 0 heterocycles. The molecule has 0 aliphatic carbocycles. The van der Waals surface area contributed by atoms with Gasteiger partial charge in [-0.05, 0) is 13.3 Å². The van der Waals surface area contributed by atoms with Crippen molar-refractivity contribution in [3.63, 3.8) is 0 Å². The van der Waals surface area contributed by atoms with E-state index < -0.39 is 0 Å². The van der Waals surface area contributed by atoms with Gasteiger partial charge in [0, 0.05) is 19.4 Å². The van der Waals surface area contributed by atoms with Crippen LogP contribution in [0.15, 0.2) is 0 Å². The molecule has 0 aliphatic rings. The SMILES string of the molecule is CC(=O)CCOCCCC=O. The third-order valence-corrected chi connectivity index (χ3v) is 1.21. The Balaban J connectivity index is 2.90. The molecular formula is C8H14O3. The summed E-state index contributed by atoms with van der Waals surface area (Å²) in [6, 6.07) is 0. The van der Waals surface area contributed by atoms with Gasteiger partial charge in [0.2, 0.25) is 0 Å². The molecule has 0 bridgehead atoms. The van der Waals surface area contributed by atoms with Crippen LogP contribution in [0.4, 0.5) is 0 Å². The quantitative estimate of drug-likeness (QED) is 0.409. The molecule has 0 saturated heterocycles. The maximum absolute atomic E-state index is 10.4. The first-order valence-corrected chi connectivity index (χ1v) is 3.78. The summed E-state index contributed by atoms with van der Waals surface area (Å²) in [6.07, 6.45) is 2.64. The lowest BCUT2D eigenvalue weighted by Gasteiger charge is -1.99. The summed E-state index contributed by atoms with van der Waals surface area (Å²) in [5.74, 6) is 0.139. The fraction of sp³-hybridized carbons (Fsp3) is 0.750. The average Bonchev–Trinajstić information content (AvgIpc) is 1.96. The Bertz CT molecular complexity index is 121. The molecule has 0 aromatic rings. The normalized spacial score (nSPS) is 9.55. The third kappa shape index (κ3) is 9.30. The summed E-state index contributed by atoms with van der Waals surface area (Å²) in [5, 5.41) is 0. The highest BCUT2D eigenvalue weighted by Crippen LogP contribution is 1.89. The molecule has 0 fully saturated rings. The molecule has 0 aromatic carbocycles. The van der Waals surface area contributed by atoms with Crippen LogP contribution in [0.1, 0.15) is 26.2 Å². The van der Waals surface area contributed by atoms with E-state index in [1.54, 1.807) is 0 Å². The van der Waals surface area contributed by atoms with E-state index in [-0.39, 0.29) is 5.78 Å². The predicted octanol–water partition coefficient (Wildman–Crippen LogP) is 0.961. The Labute approximate surface area is 66.7 Å². The number of aldehydes is 1. The summed E-state index contributed by atoms with van der Waals surface area (Å²) in [4.78, 5) is 20.2. The Morgan fingerprint density at radius 1 is 1.45 bits per heavy atom. The second kappa shape index (κ2) is 7.41. The minimum absolute atomic E-state index is 0.139. The van der Waals surface area contributed by atoms with Crippen molar-refractivity contribution in [2.24, 2.45) is 0 Å². The molecule has 0 saturated carbocycles. The van der Waals surface area contributed by atoms with Crippen LogP contribution in [0.3, 0.4) is 0 Å². The van der Waals surface area contributed by atoms with Crippen LogP contribution in [-0.2, 0) is 14.3 Å². The van der Waals surface area contributed by atoms with E-state index in [1.165, 1.54) is 6.92 Å². The van der Waals surface area contributed by atoms with E-state index in [0.29, 0.717) is 26.1 Å². The molecule has 3 heteroatoms. The molecule has 64 valence electrons. The number of ether oxygens (including phenoxy) is 1. The van der Waals surface area contributed by atoms with E-state index in [2.05, 4.69) is 0 Å². The van der Waals surface area contributed by atoms with Crippen molar-refractivity contribution in [2.75, 3.05) is 13.2 Å². The minimum Gasteiger partial charge on any atom is -0.381 e. The maximum Gasteiger partial charge on any atom is 0.132 e. The van der Waals surface area contributed by atoms with Crippen LogP contribution >= 0.6 is 0 Å². The number of unbranched alkanes of at least 4 members (excludes halogenated alkanes) is 1. The van der Waals surface area contributed by atoms with Gasteiger partial charge in [-0.25, -0.2) is 0 Å². The van der Waals surface area contributed by atoms with Gasteiger partial charge in [-0.15, -0.1) is 0 Å². The molecule has 0 aliphatic heterocycles. The molecule has 3 nitrogen and oxygen atoms in total. The molecule has 0 unspecified atom stereocenters. The van der Waals surface area contributed by atoms with Crippen molar-refractivity contribution in [1.29, 1.82) is 0 Å². The molecular weight excluding hydrogens is 144 g/mol. The van der Waals surface area contributed by atoms with Crippen molar-refractivity contribution in [2.45, 2.75) is 26.2 Å². The van der Waals surface area contributed by atoms with E-state index in [9.17, 15) is 9.59 Å². The summed E-state index contributed by atoms with van der Waals surface area (Å²) < 4.78 is 5.07. The van der Waals surface area contributed by atoms with Gasteiger partial charge in [-0.2, -0.15) is 0 Å². The highest BCUT2D eigenvalue weighted by Gasteiger charge is 1.92. The zero-order valence-electron chi connectivity index (χ0n) is 6.84. The van der Waals surface area contributed by atoms with Gasteiger partial charge in [0.05, 0.1) is 6.61 Å². The lowest BCUT2D eigenvalue weighted by molar-refractivity contribution is -0.118. The molecule has 11 heavy (non-hydrogen) atoms. The molecule has 0 N–H and O–H groups in total. The summed E-state index contributed by atoms with van der Waals surface area (Å²) in [5.41, 5.74) is 0. The fourth-order valence-electron chi connectivity index (χ4n) is 0.587. The summed E-state index contributed by atoms with van der Waals surface area (Å²) in [6.45, 7) is 2.59. The lowest BCUT2D eigenvalue weighted by atomic mass is 10.3. The van der Waals surface area contributed by atoms with Crippen LogP contribution < -0.4 is 0 Å². The van der Waals surface area contributed by atoms with Crippen molar-refractivity contribution < 1.29 is 14.3 Å². The molecule has 0 radical (unpaired) electrons. The number of carbonyl (C=O) groups excluding carboxylic acids is 2. The minimum atomic E-state index is 0.139. The highest BCUT2D eigenvalue weighted by atomic mass is 16.5. The smallest absolute Gasteiger partial charge is 0.132 e. The topological polar surface area (TPSA) is 43.4 Å². The van der Waals surface area contributed by atoms with Gasteiger partial charge in [0.1, 0.15) is 12.1 Å². The number of rotatable bonds is 7. The maximum atomic E-state index is 10.4. The largest absolute Gasteiger partial charge is 0.381 e. The zero-order valence-corrected chi connectivity index (χ0v) is 6.84. The van der Waals surface area contributed by atoms with Crippen LogP contribution in [0.2, 0.25) is 0 Å². The second-order valence-electron chi connectivity index (χ2n) is 2.37. The number of hydrogen-bond donors (Lipinski definition) is 0. The number of ketones is 1. The molecule has 0 atom stereocenters. The Morgan fingerprint density at radius 3 is 2.73 bits per heavy atom. The first-order valence-electron chi connectivity index (χ1n) is 3.78. The Hall–Kier alpha value is -0.700. The first-order chi connectivity index (χ1) is 5.27. The van der Waals surface area contributed by atoms with Crippen LogP contribution in [0.5, 0.6) is 0 Å². The van der Waals surface area contributed by atoms with Gasteiger partial charge in [0.15, 0.2) is 0 Å². The van der Waals surface area contributed by atoms with Crippen LogP contribution in [-0.4, -0.2) is 25.3 Å². The summed E-state index contributed by atoms with van der Waals surface area (Å²) in [7, 11) is 0. The van der Waals surface area contributed by atoms with E-state index >= 15 is 0 Å². The number of hydrogen-bond acceptors (Lipinski definition) is 3. The molecule has 0 spiro atoms. The zero-order chi connectivity index (χ0) is 8.53. The van der Waals surface area contributed by atoms with Crippen molar-refractivity contribution >= 4 is 12.1 Å². The first kappa shape index (κ1) is 10.3. The Kier molecular flexibility index (Phi) is 6.94. The molecule has 0 rings (SSSR count). The van der Waals surface area contributed by atoms with Gasteiger partial charge in [-0.1, -0.05) is 0 Å². The van der Waals surface area contributed by atoms with Gasteiger partial charge in [0.25, 0.3) is 0 Å². The van der Waals surface area contributed by atoms with E-state index in [0.717, 1.165) is 12.7 Å². The molecule has 0 amide bonds. The van der Waals surface area contributed by atoms with E-state index in [1.807, 2.05) is 0 Å². The fourth-order valence-corrected chi connectivity index (χ4v) is 0.587. The highest BCUT2D eigenvalue weighted by molar-refractivity contribution is 5.75. The van der Waals surface area contributed by atoms with Crippen LogP contribution in [0, 0.1) is 0 Å². The van der Waals surface area contributed by atoms with Crippen molar-refractivity contribution in [3.05, 3.63) is 0 Å². The second-order valence-corrected chi connectivity index (χ2v) is 2.37. The van der Waals surface area contributed by atoms with Gasteiger partial charge >= 0.3 is 0 Å². The Morgan fingerprint density at radius 2 is 2.18 bits per heavy atom. The van der Waals surface area contributed by atoms with Crippen LogP contribution in [0.25, 0.3) is 0 Å².